The number of carbonyl (C=O) groups is 2. The van der Waals surface area contributed by atoms with Gasteiger partial charge in [-0.3, -0.25) is 9.59 Å². The molecule has 0 saturated carbocycles. The van der Waals surface area contributed by atoms with Gasteiger partial charge in [0, 0.05) is 31.0 Å². The number of amides is 1. The van der Waals surface area contributed by atoms with Crippen molar-refractivity contribution in [2.75, 3.05) is 20.3 Å². The standard InChI is InChI=1S/C27H29N3O5/c1-4-35-21-11-10-20(16-22(21)34-3)24-23(25(31)19-8-6-18(2)7-9-19)26(32)27(33)30(24)14-5-13-29-15-12-28-17-29/h6-12,15-17,24,31H,4-5,13-14H2,1-3H3/b25-23+. The molecule has 2 aromatic carbocycles. The Morgan fingerprint density at radius 3 is 2.51 bits per heavy atom. The lowest BCUT2D eigenvalue weighted by Crippen LogP contribution is -2.31. The Hall–Kier alpha value is -4.07. The number of ether oxygens (including phenoxy) is 2. The highest BCUT2D eigenvalue weighted by atomic mass is 16.5. The fourth-order valence-electron chi connectivity index (χ4n) is 4.30. The van der Waals surface area contributed by atoms with Crippen molar-refractivity contribution in [2.45, 2.75) is 32.9 Å². The number of benzene rings is 2. The Morgan fingerprint density at radius 1 is 1.09 bits per heavy atom. The predicted molar refractivity (Wildman–Crippen MR) is 131 cm³/mol. The molecular formula is C27H29N3O5. The highest BCUT2D eigenvalue weighted by Gasteiger charge is 2.46. The number of methoxy groups -OCH3 is 1. The summed E-state index contributed by atoms with van der Waals surface area (Å²) >= 11 is 0. The molecule has 1 amide bonds. The van der Waals surface area contributed by atoms with Crippen LogP contribution in [0.5, 0.6) is 11.5 Å². The summed E-state index contributed by atoms with van der Waals surface area (Å²) in [6.45, 7) is 5.25. The van der Waals surface area contributed by atoms with Gasteiger partial charge in [0.25, 0.3) is 11.7 Å². The van der Waals surface area contributed by atoms with Gasteiger partial charge < -0.3 is 24.0 Å². The Labute approximate surface area is 204 Å². The van der Waals surface area contributed by atoms with Crippen molar-refractivity contribution in [1.82, 2.24) is 14.5 Å². The number of carbonyl (C=O) groups excluding carboxylic acids is 2. The zero-order valence-corrected chi connectivity index (χ0v) is 20.1. The monoisotopic (exact) mass is 475 g/mol. The second-order valence-electron chi connectivity index (χ2n) is 8.36. The number of ketones is 1. The lowest BCUT2D eigenvalue weighted by atomic mass is 9.94. The van der Waals surface area contributed by atoms with Gasteiger partial charge in [-0.1, -0.05) is 35.9 Å². The molecule has 1 aliphatic rings. The van der Waals surface area contributed by atoms with E-state index in [1.165, 1.54) is 12.0 Å². The van der Waals surface area contributed by atoms with Crippen LogP contribution in [0.4, 0.5) is 0 Å². The number of aliphatic hydroxyl groups is 1. The fourth-order valence-corrected chi connectivity index (χ4v) is 4.30. The van der Waals surface area contributed by atoms with E-state index < -0.39 is 17.7 Å². The van der Waals surface area contributed by atoms with Gasteiger partial charge in [0.1, 0.15) is 5.76 Å². The highest BCUT2D eigenvalue weighted by molar-refractivity contribution is 6.46. The smallest absolute Gasteiger partial charge is 0.295 e. The van der Waals surface area contributed by atoms with Gasteiger partial charge in [-0.25, -0.2) is 4.98 Å². The first kappa shape index (κ1) is 24.1. The molecule has 1 fully saturated rings. The number of imidazole rings is 1. The van der Waals surface area contributed by atoms with E-state index in [1.54, 1.807) is 42.9 Å². The SMILES string of the molecule is CCOc1ccc(C2/C(=C(\O)c3ccc(C)cc3)C(=O)C(=O)N2CCCn2ccnc2)cc1OC. The maximum atomic E-state index is 13.2. The first-order valence-corrected chi connectivity index (χ1v) is 11.6. The Bertz CT molecular complexity index is 1230. The molecule has 1 unspecified atom stereocenters. The van der Waals surface area contributed by atoms with E-state index in [0.29, 0.717) is 48.7 Å². The van der Waals surface area contributed by atoms with Crippen molar-refractivity contribution in [1.29, 1.82) is 0 Å². The van der Waals surface area contributed by atoms with Crippen LogP contribution < -0.4 is 9.47 Å². The number of aliphatic hydroxyl groups excluding tert-OH is 1. The summed E-state index contributed by atoms with van der Waals surface area (Å²) in [5.41, 5.74) is 2.22. The van der Waals surface area contributed by atoms with Crippen LogP contribution in [0.3, 0.4) is 0 Å². The predicted octanol–water partition coefficient (Wildman–Crippen LogP) is 4.11. The van der Waals surface area contributed by atoms with E-state index >= 15 is 0 Å². The maximum absolute atomic E-state index is 13.2. The molecule has 1 atom stereocenters. The van der Waals surface area contributed by atoms with E-state index in [-0.39, 0.29) is 11.3 Å². The average Bonchev–Trinajstić information content (AvgIpc) is 3.47. The molecule has 8 heteroatoms. The van der Waals surface area contributed by atoms with E-state index in [1.807, 2.05) is 36.7 Å². The summed E-state index contributed by atoms with van der Waals surface area (Å²) in [5, 5.41) is 11.2. The molecule has 0 radical (unpaired) electrons. The van der Waals surface area contributed by atoms with Crippen LogP contribution in [0.25, 0.3) is 5.76 Å². The number of hydrogen-bond donors (Lipinski definition) is 1. The third-order valence-electron chi connectivity index (χ3n) is 6.04. The number of aromatic nitrogens is 2. The zero-order valence-electron chi connectivity index (χ0n) is 20.1. The molecule has 1 N–H and O–H groups in total. The number of aryl methyl sites for hydroxylation is 2. The van der Waals surface area contributed by atoms with Gasteiger partial charge in [-0.05, 0) is 38.0 Å². The van der Waals surface area contributed by atoms with Crippen molar-refractivity contribution in [2.24, 2.45) is 0 Å². The number of likely N-dealkylation sites (tertiary alicyclic amines) is 1. The summed E-state index contributed by atoms with van der Waals surface area (Å²) in [6.07, 6.45) is 5.86. The van der Waals surface area contributed by atoms with Gasteiger partial charge in [-0.2, -0.15) is 0 Å². The Morgan fingerprint density at radius 2 is 1.86 bits per heavy atom. The van der Waals surface area contributed by atoms with E-state index in [2.05, 4.69) is 4.98 Å². The second kappa shape index (κ2) is 10.5. The summed E-state index contributed by atoms with van der Waals surface area (Å²) in [5.74, 6) is -0.484. The molecule has 1 aromatic heterocycles. The number of rotatable bonds is 9. The number of nitrogens with zero attached hydrogens (tertiary/aromatic N) is 3. The molecule has 1 aliphatic heterocycles. The number of hydrogen-bond acceptors (Lipinski definition) is 6. The molecule has 0 spiro atoms. The summed E-state index contributed by atoms with van der Waals surface area (Å²) in [7, 11) is 1.54. The lowest BCUT2D eigenvalue weighted by Gasteiger charge is -2.26. The topological polar surface area (TPSA) is 93.9 Å². The third kappa shape index (κ3) is 4.91. The van der Waals surface area contributed by atoms with Gasteiger partial charge in [0.2, 0.25) is 0 Å². The minimum absolute atomic E-state index is 0.0627. The van der Waals surface area contributed by atoms with Crippen LogP contribution in [-0.2, 0) is 16.1 Å². The van der Waals surface area contributed by atoms with Crippen LogP contribution in [0.15, 0.2) is 66.8 Å². The van der Waals surface area contributed by atoms with E-state index in [4.69, 9.17) is 9.47 Å². The van der Waals surface area contributed by atoms with Gasteiger partial charge in [0.15, 0.2) is 11.5 Å². The van der Waals surface area contributed by atoms with Gasteiger partial charge in [0.05, 0.1) is 31.7 Å². The first-order chi connectivity index (χ1) is 16.9. The number of Topliss-reactive ketones (excluding diaryl/α,β-unsaturated/α-hetero) is 1. The minimum atomic E-state index is -0.760. The Kier molecular flexibility index (Phi) is 7.19. The van der Waals surface area contributed by atoms with Crippen LogP contribution in [0.2, 0.25) is 0 Å². The van der Waals surface area contributed by atoms with Crippen molar-refractivity contribution in [3.63, 3.8) is 0 Å². The first-order valence-electron chi connectivity index (χ1n) is 11.6. The molecule has 8 nitrogen and oxygen atoms in total. The quantitative estimate of drug-likeness (QED) is 0.284. The zero-order chi connectivity index (χ0) is 24.9. The maximum Gasteiger partial charge on any atom is 0.295 e. The Balaban J connectivity index is 1.77. The van der Waals surface area contributed by atoms with Crippen LogP contribution >= 0.6 is 0 Å². The normalized spacial score (nSPS) is 17.1. The van der Waals surface area contributed by atoms with Crippen LogP contribution in [0, 0.1) is 6.92 Å². The highest BCUT2D eigenvalue weighted by Crippen LogP contribution is 2.42. The molecule has 182 valence electrons. The molecule has 3 aromatic rings. The lowest BCUT2D eigenvalue weighted by molar-refractivity contribution is -0.139. The average molecular weight is 476 g/mol. The largest absolute Gasteiger partial charge is 0.507 e. The third-order valence-corrected chi connectivity index (χ3v) is 6.04. The van der Waals surface area contributed by atoms with Crippen LogP contribution in [0.1, 0.15) is 36.1 Å². The molecule has 1 saturated heterocycles. The summed E-state index contributed by atoms with van der Waals surface area (Å²) in [6, 6.07) is 11.7. The molecule has 2 heterocycles. The van der Waals surface area contributed by atoms with Gasteiger partial charge >= 0.3 is 0 Å². The molecule has 4 rings (SSSR count). The minimum Gasteiger partial charge on any atom is -0.507 e. The second-order valence-corrected chi connectivity index (χ2v) is 8.36. The van der Waals surface area contributed by atoms with Crippen LogP contribution in [-0.4, -0.2) is 51.5 Å². The molecule has 35 heavy (non-hydrogen) atoms. The summed E-state index contributed by atoms with van der Waals surface area (Å²) in [4.78, 5) is 31.9. The van der Waals surface area contributed by atoms with Crippen molar-refractivity contribution >= 4 is 17.4 Å². The summed E-state index contributed by atoms with van der Waals surface area (Å²) < 4.78 is 13.1. The molecule has 0 bridgehead atoms. The van der Waals surface area contributed by atoms with Gasteiger partial charge in [-0.15, -0.1) is 0 Å². The van der Waals surface area contributed by atoms with E-state index in [0.717, 1.165) is 5.56 Å². The molecule has 0 aliphatic carbocycles. The fraction of sp³-hybridized carbons (Fsp3) is 0.296. The van der Waals surface area contributed by atoms with Crippen molar-refractivity contribution in [3.8, 4) is 11.5 Å². The van der Waals surface area contributed by atoms with Crippen molar-refractivity contribution in [3.05, 3.63) is 83.4 Å². The van der Waals surface area contributed by atoms with E-state index in [9.17, 15) is 14.7 Å². The molecular weight excluding hydrogens is 446 g/mol. The van der Waals surface area contributed by atoms with Crippen molar-refractivity contribution < 1.29 is 24.2 Å².